The van der Waals surface area contributed by atoms with Crippen molar-refractivity contribution in [2.24, 2.45) is 0 Å². The van der Waals surface area contributed by atoms with Crippen molar-refractivity contribution in [2.75, 3.05) is 5.32 Å². The van der Waals surface area contributed by atoms with Crippen LogP contribution in [-0.2, 0) is 0 Å². The minimum Gasteiger partial charge on any atom is -0.477 e. The lowest BCUT2D eigenvalue weighted by Gasteiger charge is -2.07. The zero-order valence-electron chi connectivity index (χ0n) is 10.3. The highest BCUT2D eigenvalue weighted by molar-refractivity contribution is 14.1. The molecule has 0 spiro atoms. The molecule has 1 amide bonds. The van der Waals surface area contributed by atoms with E-state index in [2.05, 4.69) is 48.8 Å². The van der Waals surface area contributed by atoms with Gasteiger partial charge in [0.2, 0.25) is 0 Å². The van der Waals surface area contributed by atoms with Crippen molar-refractivity contribution >= 4 is 56.1 Å². The fourth-order valence-corrected chi connectivity index (χ4v) is 2.66. The van der Waals surface area contributed by atoms with Gasteiger partial charge in [0.1, 0.15) is 5.69 Å². The number of hydrogen-bond acceptors (Lipinski definition) is 2. The number of carbonyl (C=O) groups is 2. The van der Waals surface area contributed by atoms with E-state index in [0.717, 1.165) is 8.04 Å². The van der Waals surface area contributed by atoms with Gasteiger partial charge in [-0.1, -0.05) is 15.9 Å². The lowest BCUT2D eigenvalue weighted by atomic mass is 10.2. The second kappa shape index (κ2) is 5.96. The Kier molecular flexibility index (Phi) is 4.48. The minimum absolute atomic E-state index is 0.0270. The summed E-state index contributed by atoms with van der Waals surface area (Å²) >= 11 is 5.36. The van der Waals surface area contributed by atoms with Crippen LogP contribution in [0.1, 0.15) is 26.5 Å². The number of hydrogen-bond donors (Lipinski definition) is 3. The molecular formula is C13H10BrIN2O3. The summed E-state index contributed by atoms with van der Waals surface area (Å²) in [7, 11) is 0. The first kappa shape index (κ1) is 15.0. The largest absolute Gasteiger partial charge is 0.477 e. The van der Waals surface area contributed by atoms with Gasteiger partial charge >= 0.3 is 5.97 Å². The molecule has 7 heteroatoms. The number of aromatic nitrogens is 1. The van der Waals surface area contributed by atoms with E-state index in [-0.39, 0.29) is 17.3 Å². The average molecular weight is 449 g/mol. The highest BCUT2D eigenvalue weighted by Crippen LogP contribution is 2.22. The fourth-order valence-electron chi connectivity index (χ4n) is 1.72. The van der Waals surface area contributed by atoms with Crippen LogP contribution in [-0.4, -0.2) is 22.0 Å². The first-order valence-corrected chi connectivity index (χ1v) is 7.45. The lowest BCUT2D eigenvalue weighted by Crippen LogP contribution is -2.15. The molecule has 0 aliphatic heterocycles. The van der Waals surface area contributed by atoms with Crippen molar-refractivity contribution < 1.29 is 14.7 Å². The standard InChI is InChI=1S/C13H10BrIN2O3/c1-6-4-10(11(16-6)13(19)20)17-12(18)8-5-7(14)2-3-9(8)15/h2-5,16H,1H3,(H,17,18)(H,19,20). The number of aromatic amines is 1. The molecule has 0 saturated carbocycles. The molecule has 0 aliphatic carbocycles. The molecule has 1 aromatic carbocycles. The Morgan fingerprint density at radius 2 is 2.05 bits per heavy atom. The quantitative estimate of drug-likeness (QED) is 0.627. The van der Waals surface area contributed by atoms with E-state index in [9.17, 15) is 9.59 Å². The first-order valence-electron chi connectivity index (χ1n) is 5.58. The third-order valence-electron chi connectivity index (χ3n) is 2.59. The molecule has 0 saturated heterocycles. The Labute approximate surface area is 137 Å². The molecule has 20 heavy (non-hydrogen) atoms. The Morgan fingerprint density at radius 1 is 1.35 bits per heavy atom. The van der Waals surface area contributed by atoms with Crippen molar-refractivity contribution in [3.8, 4) is 0 Å². The third-order valence-corrected chi connectivity index (χ3v) is 4.02. The molecule has 0 fully saturated rings. The SMILES string of the molecule is Cc1cc(NC(=O)c2cc(Br)ccc2I)c(C(=O)O)[nH]1. The molecule has 0 atom stereocenters. The van der Waals surface area contributed by atoms with E-state index >= 15 is 0 Å². The smallest absolute Gasteiger partial charge is 0.354 e. The van der Waals surface area contributed by atoms with E-state index in [1.54, 1.807) is 25.1 Å². The Morgan fingerprint density at radius 3 is 2.70 bits per heavy atom. The normalized spacial score (nSPS) is 10.3. The topological polar surface area (TPSA) is 82.2 Å². The molecule has 0 bridgehead atoms. The number of carboxylic acids is 1. The number of amides is 1. The van der Waals surface area contributed by atoms with Crippen LogP contribution in [0, 0.1) is 10.5 Å². The highest BCUT2D eigenvalue weighted by Gasteiger charge is 2.17. The predicted octanol–water partition coefficient (Wildman–Crippen LogP) is 3.64. The van der Waals surface area contributed by atoms with E-state index in [4.69, 9.17) is 5.11 Å². The van der Waals surface area contributed by atoms with Crippen LogP contribution in [0.3, 0.4) is 0 Å². The summed E-state index contributed by atoms with van der Waals surface area (Å²) in [5, 5.41) is 11.7. The molecule has 5 nitrogen and oxygen atoms in total. The number of aryl methyl sites for hydroxylation is 1. The second-order valence-corrected chi connectivity index (χ2v) is 6.20. The molecule has 3 N–H and O–H groups in total. The number of benzene rings is 1. The van der Waals surface area contributed by atoms with E-state index in [0.29, 0.717) is 11.3 Å². The van der Waals surface area contributed by atoms with Gasteiger partial charge < -0.3 is 15.4 Å². The number of H-pyrrole nitrogens is 1. The summed E-state index contributed by atoms with van der Waals surface area (Å²) in [5.41, 5.74) is 1.38. The van der Waals surface area contributed by atoms with E-state index in [1.165, 1.54) is 0 Å². The maximum absolute atomic E-state index is 12.2. The lowest BCUT2D eigenvalue weighted by molar-refractivity contribution is 0.0692. The fraction of sp³-hybridized carbons (Fsp3) is 0.0769. The van der Waals surface area contributed by atoms with Gasteiger partial charge in [0.25, 0.3) is 5.91 Å². The molecule has 1 aromatic heterocycles. The summed E-state index contributed by atoms with van der Waals surface area (Å²) in [6, 6.07) is 6.92. The minimum atomic E-state index is -1.11. The van der Waals surface area contributed by atoms with Gasteiger partial charge in [0.15, 0.2) is 0 Å². The molecule has 2 aromatic rings. The zero-order valence-corrected chi connectivity index (χ0v) is 14.1. The zero-order chi connectivity index (χ0) is 14.9. The van der Waals surface area contributed by atoms with Crippen LogP contribution >= 0.6 is 38.5 Å². The summed E-state index contributed by atoms with van der Waals surface area (Å²) < 4.78 is 1.57. The van der Waals surface area contributed by atoms with Crippen LogP contribution in [0.5, 0.6) is 0 Å². The van der Waals surface area contributed by atoms with Gasteiger partial charge in [0.05, 0.1) is 11.3 Å². The number of anilines is 1. The van der Waals surface area contributed by atoms with Crippen LogP contribution in [0.15, 0.2) is 28.7 Å². The predicted molar refractivity (Wildman–Crippen MR) is 87.3 cm³/mol. The Bertz CT molecular complexity index is 697. The van der Waals surface area contributed by atoms with Gasteiger partial charge in [0, 0.05) is 13.7 Å². The number of rotatable bonds is 3. The van der Waals surface area contributed by atoms with Gasteiger partial charge in [-0.2, -0.15) is 0 Å². The number of carboxylic acid groups (broad SMARTS) is 1. The maximum atomic E-state index is 12.2. The second-order valence-electron chi connectivity index (χ2n) is 4.12. The Hall–Kier alpha value is -1.35. The van der Waals surface area contributed by atoms with Gasteiger partial charge in [-0.05, 0) is 53.8 Å². The van der Waals surface area contributed by atoms with Crippen molar-refractivity contribution in [1.82, 2.24) is 4.98 Å². The van der Waals surface area contributed by atoms with E-state index in [1.807, 2.05) is 6.07 Å². The van der Waals surface area contributed by atoms with Gasteiger partial charge in [-0.3, -0.25) is 4.79 Å². The first-order chi connectivity index (χ1) is 9.38. The molecule has 2 rings (SSSR count). The number of halogens is 2. The van der Waals surface area contributed by atoms with Gasteiger partial charge in [-0.15, -0.1) is 0 Å². The van der Waals surface area contributed by atoms with Crippen molar-refractivity contribution in [3.63, 3.8) is 0 Å². The molecule has 0 unspecified atom stereocenters. The third kappa shape index (κ3) is 3.21. The van der Waals surface area contributed by atoms with E-state index < -0.39 is 5.97 Å². The number of carbonyl (C=O) groups excluding carboxylic acids is 1. The van der Waals surface area contributed by atoms with Crippen LogP contribution < -0.4 is 5.32 Å². The summed E-state index contributed by atoms with van der Waals surface area (Å²) in [6.07, 6.45) is 0. The summed E-state index contributed by atoms with van der Waals surface area (Å²) in [5.74, 6) is -1.46. The highest BCUT2D eigenvalue weighted by atomic mass is 127. The molecule has 0 aliphatic rings. The van der Waals surface area contributed by atoms with Crippen LogP contribution in [0.2, 0.25) is 0 Å². The molecule has 0 radical (unpaired) electrons. The number of nitrogens with one attached hydrogen (secondary N) is 2. The van der Waals surface area contributed by atoms with Crippen molar-refractivity contribution in [3.05, 3.63) is 49.3 Å². The molecular weight excluding hydrogens is 439 g/mol. The van der Waals surface area contributed by atoms with Crippen LogP contribution in [0.4, 0.5) is 5.69 Å². The molecule has 104 valence electrons. The van der Waals surface area contributed by atoms with Crippen molar-refractivity contribution in [1.29, 1.82) is 0 Å². The summed E-state index contributed by atoms with van der Waals surface area (Å²) in [6.45, 7) is 1.73. The van der Waals surface area contributed by atoms with Crippen LogP contribution in [0.25, 0.3) is 0 Å². The van der Waals surface area contributed by atoms with Gasteiger partial charge in [-0.25, -0.2) is 4.79 Å². The monoisotopic (exact) mass is 448 g/mol. The molecule has 1 heterocycles. The number of aromatic carboxylic acids is 1. The summed E-state index contributed by atoms with van der Waals surface area (Å²) in [4.78, 5) is 26.0. The van der Waals surface area contributed by atoms with Crippen molar-refractivity contribution in [2.45, 2.75) is 6.92 Å². The average Bonchev–Trinajstić information content (AvgIpc) is 2.73. The Balaban J connectivity index is 2.32. The maximum Gasteiger partial charge on any atom is 0.354 e.